The minimum Gasteiger partial charge on any atom is -0.433 e. The van der Waals surface area contributed by atoms with Crippen LogP contribution in [0, 0.1) is 0 Å². The Morgan fingerprint density at radius 3 is 2.48 bits per heavy atom. The van der Waals surface area contributed by atoms with Gasteiger partial charge in [-0.1, -0.05) is 30.3 Å². The quantitative estimate of drug-likeness (QED) is 0.819. The molecule has 0 unspecified atom stereocenters. The van der Waals surface area contributed by atoms with Crippen LogP contribution in [-0.2, 0) is 4.79 Å². The summed E-state index contributed by atoms with van der Waals surface area (Å²) in [5.41, 5.74) is 0.233. The van der Waals surface area contributed by atoms with Crippen LogP contribution in [0.5, 0.6) is 5.75 Å². The van der Waals surface area contributed by atoms with Gasteiger partial charge in [-0.3, -0.25) is 4.79 Å². The molecule has 2 rings (SSSR count). The first kappa shape index (κ1) is 15.3. The summed E-state index contributed by atoms with van der Waals surface area (Å²) >= 11 is 1.37. The Morgan fingerprint density at radius 2 is 1.76 bits per heavy atom. The average Bonchev–Trinajstić information content (AvgIpc) is 2.48. The molecule has 2 aromatic carbocycles. The maximum atomic E-state index is 12.3. The Bertz CT molecular complexity index is 593. The van der Waals surface area contributed by atoms with Gasteiger partial charge in [-0.05, 0) is 24.3 Å². The number of rotatable bonds is 6. The number of alkyl halides is 2. The molecule has 0 aliphatic carbocycles. The molecule has 0 atom stereocenters. The number of hydrogen-bond donors (Lipinski definition) is 1. The highest BCUT2D eigenvalue weighted by molar-refractivity contribution is 8.00. The van der Waals surface area contributed by atoms with Crippen LogP contribution in [0.1, 0.15) is 0 Å². The number of carbonyl (C=O) groups excluding carboxylic acids is 1. The Balaban J connectivity index is 1.93. The van der Waals surface area contributed by atoms with Crippen molar-refractivity contribution >= 4 is 23.4 Å². The second-order valence-electron chi connectivity index (χ2n) is 4.02. The summed E-state index contributed by atoms with van der Waals surface area (Å²) in [6, 6.07) is 15.5. The standard InChI is InChI=1S/C15H13F2NO2S/c16-15(17)20-13-9-5-4-8-12(13)18-14(19)10-21-11-6-2-1-3-7-11/h1-9,15H,10H2,(H,18,19). The summed E-state index contributed by atoms with van der Waals surface area (Å²) in [4.78, 5) is 12.8. The van der Waals surface area contributed by atoms with E-state index in [1.165, 1.54) is 23.9 Å². The van der Waals surface area contributed by atoms with Gasteiger partial charge in [0.15, 0.2) is 0 Å². The molecule has 0 fully saturated rings. The Hall–Kier alpha value is -2.08. The largest absolute Gasteiger partial charge is 0.433 e. The van der Waals surface area contributed by atoms with E-state index in [0.717, 1.165) is 4.90 Å². The van der Waals surface area contributed by atoms with Crippen molar-refractivity contribution in [1.29, 1.82) is 0 Å². The second kappa shape index (κ2) is 7.64. The predicted octanol–water partition coefficient (Wildman–Crippen LogP) is 4.02. The number of carbonyl (C=O) groups is 1. The number of benzene rings is 2. The van der Waals surface area contributed by atoms with Gasteiger partial charge in [-0.2, -0.15) is 8.78 Å². The lowest BCUT2D eigenvalue weighted by molar-refractivity contribution is -0.113. The molecule has 6 heteroatoms. The Kier molecular flexibility index (Phi) is 5.57. The molecule has 0 saturated carbocycles. The molecule has 0 aromatic heterocycles. The molecule has 0 bridgehead atoms. The van der Waals surface area contributed by atoms with Crippen molar-refractivity contribution in [2.24, 2.45) is 0 Å². The van der Waals surface area contributed by atoms with Gasteiger partial charge in [0.1, 0.15) is 5.75 Å². The van der Waals surface area contributed by atoms with E-state index in [-0.39, 0.29) is 23.1 Å². The van der Waals surface area contributed by atoms with Gasteiger partial charge in [0.2, 0.25) is 5.91 Å². The fourth-order valence-electron chi connectivity index (χ4n) is 1.62. The Labute approximate surface area is 125 Å². The molecule has 2 aromatic rings. The summed E-state index contributed by atoms with van der Waals surface area (Å²) in [5, 5.41) is 2.57. The van der Waals surface area contributed by atoms with Crippen molar-refractivity contribution in [2.45, 2.75) is 11.5 Å². The summed E-state index contributed by atoms with van der Waals surface area (Å²) in [6.07, 6.45) is 0. The smallest absolute Gasteiger partial charge is 0.387 e. The van der Waals surface area contributed by atoms with Gasteiger partial charge < -0.3 is 10.1 Å². The molecular weight excluding hydrogens is 296 g/mol. The number of ether oxygens (including phenoxy) is 1. The lowest BCUT2D eigenvalue weighted by Crippen LogP contribution is -2.15. The monoisotopic (exact) mass is 309 g/mol. The van der Waals surface area contributed by atoms with E-state index < -0.39 is 6.61 Å². The number of amides is 1. The molecule has 0 spiro atoms. The third-order valence-electron chi connectivity index (χ3n) is 2.49. The highest BCUT2D eigenvalue weighted by Gasteiger charge is 2.11. The van der Waals surface area contributed by atoms with Crippen LogP contribution in [-0.4, -0.2) is 18.3 Å². The second-order valence-corrected chi connectivity index (χ2v) is 5.07. The molecule has 0 aliphatic rings. The van der Waals surface area contributed by atoms with Crippen LogP contribution in [0.2, 0.25) is 0 Å². The van der Waals surface area contributed by atoms with Crippen molar-refractivity contribution in [1.82, 2.24) is 0 Å². The van der Waals surface area contributed by atoms with Crippen LogP contribution in [0.15, 0.2) is 59.5 Å². The van der Waals surface area contributed by atoms with E-state index >= 15 is 0 Å². The molecule has 0 aliphatic heterocycles. The molecule has 0 saturated heterocycles. The van der Waals surface area contributed by atoms with E-state index in [1.54, 1.807) is 12.1 Å². The SMILES string of the molecule is O=C(CSc1ccccc1)Nc1ccccc1OC(F)F. The first-order valence-electron chi connectivity index (χ1n) is 6.16. The third-order valence-corrected chi connectivity index (χ3v) is 3.50. The average molecular weight is 309 g/mol. The fourth-order valence-corrected chi connectivity index (χ4v) is 2.34. The zero-order valence-corrected chi connectivity index (χ0v) is 11.8. The summed E-state index contributed by atoms with van der Waals surface area (Å²) in [5.74, 6) is -0.146. The zero-order chi connectivity index (χ0) is 15.1. The highest BCUT2D eigenvalue weighted by Crippen LogP contribution is 2.26. The van der Waals surface area contributed by atoms with Crippen molar-refractivity contribution in [3.8, 4) is 5.75 Å². The van der Waals surface area contributed by atoms with Crippen LogP contribution in [0.4, 0.5) is 14.5 Å². The molecule has 1 amide bonds. The van der Waals surface area contributed by atoms with Crippen molar-refractivity contribution in [3.05, 3.63) is 54.6 Å². The normalized spacial score (nSPS) is 10.4. The highest BCUT2D eigenvalue weighted by atomic mass is 32.2. The van der Waals surface area contributed by atoms with Crippen LogP contribution < -0.4 is 10.1 Å². The van der Waals surface area contributed by atoms with E-state index in [9.17, 15) is 13.6 Å². The number of halogens is 2. The molecule has 1 N–H and O–H groups in total. The number of para-hydroxylation sites is 2. The van der Waals surface area contributed by atoms with Crippen molar-refractivity contribution in [2.75, 3.05) is 11.1 Å². The lowest BCUT2D eigenvalue weighted by atomic mass is 10.3. The summed E-state index contributed by atoms with van der Waals surface area (Å²) in [7, 11) is 0. The topological polar surface area (TPSA) is 38.3 Å². The summed E-state index contributed by atoms with van der Waals surface area (Å²) < 4.78 is 28.9. The van der Waals surface area contributed by atoms with Crippen molar-refractivity contribution < 1.29 is 18.3 Å². The van der Waals surface area contributed by atoms with Crippen LogP contribution in [0.25, 0.3) is 0 Å². The van der Waals surface area contributed by atoms with Crippen LogP contribution >= 0.6 is 11.8 Å². The maximum absolute atomic E-state index is 12.3. The number of anilines is 1. The minimum absolute atomic E-state index is 0.0504. The molecule has 0 radical (unpaired) electrons. The summed E-state index contributed by atoms with van der Waals surface area (Å²) in [6.45, 7) is -2.93. The zero-order valence-electron chi connectivity index (χ0n) is 11.0. The first-order chi connectivity index (χ1) is 10.1. The number of thioether (sulfide) groups is 1. The predicted molar refractivity (Wildman–Crippen MR) is 78.9 cm³/mol. The molecule has 0 heterocycles. The minimum atomic E-state index is -2.93. The van der Waals surface area contributed by atoms with Crippen LogP contribution in [0.3, 0.4) is 0 Å². The maximum Gasteiger partial charge on any atom is 0.387 e. The van der Waals surface area contributed by atoms with Crippen molar-refractivity contribution in [3.63, 3.8) is 0 Å². The van der Waals surface area contributed by atoms with Gasteiger partial charge in [-0.15, -0.1) is 11.8 Å². The van der Waals surface area contributed by atoms with E-state index in [2.05, 4.69) is 10.1 Å². The van der Waals surface area contributed by atoms with E-state index in [4.69, 9.17) is 0 Å². The lowest BCUT2D eigenvalue weighted by Gasteiger charge is -2.11. The van der Waals surface area contributed by atoms with Gasteiger partial charge in [0.25, 0.3) is 0 Å². The molecule has 21 heavy (non-hydrogen) atoms. The molecule has 3 nitrogen and oxygen atoms in total. The number of hydrogen-bond acceptors (Lipinski definition) is 3. The van der Waals surface area contributed by atoms with E-state index in [0.29, 0.717) is 0 Å². The third kappa shape index (κ3) is 5.07. The van der Waals surface area contributed by atoms with Gasteiger partial charge in [-0.25, -0.2) is 0 Å². The number of nitrogens with one attached hydrogen (secondary N) is 1. The van der Waals surface area contributed by atoms with E-state index in [1.807, 2.05) is 30.3 Å². The van der Waals surface area contributed by atoms with Gasteiger partial charge in [0.05, 0.1) is 11.4 Å². The Morgan fingerprint density at radius 1 is 1.10 bits per heavy atom. The molecular formula is C15H13F2NO2S. The first-order valence-corrected chi connectivity index (χ1v) is 7.15. The van der Waals surface area contributed by atoms with Gasteiger partial charge in [0, 0.05) is 4.90 Å². The fraction of sp³-hybridized carbons (Fsp3) is 0.133. The molecule has 110 valence electrons. The van der Waals surface area contributed by atoms with Gasteiger partial charge >= 0.3 is 6.61 Å².